The first kappa shape index (κ1) is 17.3. The molecule has 2 fully saturated rings. The summed E-state index contributed by atoms with van der Waals surface area (Å²) >= 11 is 0. The number of nitrogens with one attached hydrogen (secondary N) is 1. The monoisotopic (exact) mass is 329 g/mol. The zero-order chi connectivity index (χ0) is 16.8. The van der Waals surface area contributed by atoms with Crippen LogP contribution in [0.5, 0.6) is 0 Å². The number of rotatable bonds is 4. The molecule has 1 aromatic carbocycles. The Kier molecular flexibility index (Phi) is 6.13. The summed E-state index contributed by atoms with van der Waals surface area (Å²) < 4.78 is 0. The maximum absolute atomic E-state index is 12.6. The smallest absolute Gasteiger partial charge is 0.237 e. The molecule has 1 unspecified atom stereocenters. The summed E-state index contributed by atoms with van der Waals surface area (Å²) in [6, 6.07) is 10.9. The van der Waals surface area contributed by atoms with Gasteiger partial charge in [-0.2, -0.15) is 0 Å². The molecule has 1 heterocycles. The van der Waals surface area contributed by atoms with E-state index in [0.29, 0.717) is 6.04 Å². The first-order chi connectivity index (χ1) is 11.7. The molecule has 1 aliphatic carbocycles. The van der Waals surface area contributed by atoms with E-state index >= 15 is 0 Å². The number of piperazine rings is 1. The number of carbonyl (C=O) groups is 1. The molecule has 4 heteroatoms. The van der Waals surface area contributed by atoms with Crippen LogP contribution in [0.3, 0.4) is 0 Å². The average molecular weight is 329 g/mol. The van der Waals surface area contributed by atoms with Crippen LogP contribution in [0.4, 0.5) is 5.69 Å². The van der Waals surface area contributed by atoms with Crippen LogP contribution in [0, 0.1) is 0 Å². The van der Waals surface area contributed by atoms with Crippen LogP contribution in [0.2, 0.25) is 0 Å². The minimum absolute atomic E-state index is 0.0221. The number of hydrogen-bond acceptors (Lipinski definition) is 3. The van der Waals surface area contributed by atoms with Crippen LogP contribution in [-0.2, 0) is 4.79 Å². The van der Waals surface area contributed by atoms with Crippen LogP contribution in [0.15, 0.2) is 30.3 Å². The zero-order valence-corrected chi connectivity index (χ0v) is 14.9. The summed E-state index contributed by atoms with van der Waals surface area (Å²) in [5.41, 5.74) is 1.28. The van der Waals surface area contributed by atoms with Crippen LogP contribution >= 0.6 is 0 Å². The van der Waals surface area contributed by atoms with Gasteiger partial charge in [-0.05, 0) is 31.9 Å². The molecule has 1 amide bonds. The van der Waals surface area contributed by atoms with E-state index in [2.05, 4.69) is 52.4 Å². The quantitative estimate of drug-likeness (QED) is 0.863. The predicted octanol–water partition coefficient (Wildman–Crippen LogP) is 3.04. The van der Waals surface area contributed by atoms with Crippen molar-refractivity contribution in [2.45, 2.75) is 57.5 Å². The molecule has 0 radical (unpaired) electrons. The molecule has 1 saturated heterocycles. The minimum Gasteiger partial charge on any atom is -0.369 e. The molecule has 2 aliphatic rings. The van der Waals surface area contributed by atoms with E-state index in [1.807, 2.05) is 0 Å². The van der Waals surface area contributed by atoms with Gasteiger partial charge in [0.15, 0.2) is 0 Å². The standard InChI is InChI=1S/C20H31N3O/c1-17(20(24)21-18-9-5-2-3-6-10-18)22-13-15-23(16-14-22)19-11-7-4-8-12-19/h4,7-8,11-12,17-18H,2-3,5-6,9-10,13-16H2,1H3,(H,21,24). The average Bonchev–Trinajstić information content (AvgIpc) is 2.90. The number of benzene rings is 1. The second kappa shape index (κ2) is 8.52. The molecule has 1 aromatic rings. The van der Waals surface area contributed by atoms with Gasteiger partial charge in [0.1, 0.15) is 0 Å². The second-order valence-electron chi connectivity index (χ2n) is 7.23. The maximum Gasteiger partial charge on any atom is 0.237 e. The van der Waals surface area contributed by atoms with Gasteiger partial charge in [0.05, 0.1) is 6.04 Å². The van der Waals surface area contributed by atoms with Crippen molar-refractivity contribution >= 4 is 11.6 Å². The van der Waals surface area contributed by atoms with E-state index in [1.54, 1.807) is 0 Å². The molecule has 3 rings (SSSR count). The zero-order valence-electron chi connectivity index (χ0n) is 14.9. The van der Waals surface area contributed by atoms with E-state index in [0.717, 1.165) is 39.0 Å². The molecule has 0 bridgehead atoms. The molecular weight excluding hydrogens is 298 g/mol. The van der Waals surface area contributed by atoms with E-state index in [4.69, 9.17) is 0 Å². The molecule has 1 saturated carbocycles. The van der Waals surface area contributed by atoms with Crippen molar-refractivity contribution < 1.29 is 4.79 Å². The molecule has 4 nitrogen and oxygen atoms in total. The van der Waals surface area contributed by atoms with Gasteiger partial charge >= 0.3 is 0 Å². The van der Waals surface area contributed by atoms with Crippen molar-refractivity contribution in [1.82, 2.24) is 10.2 Å². The van der Waals surface area contributed by atoms with Gasteiger partial charge in [-0.25, -0.2) is 0 Å². The Hall–Kier alpha value is -1.55. The lowest BCUT2D eigenvalue weighted by atomic mass is 10.1. The van der Waals surface area contributed by atoms with Crippen molar-refractivity contribution in [2.24, 2.45) is 0 Å². The first-order valence-electron chi connectivity index (χ1n) is 9.58. The van der Waals surface area contributed by atoms with Crippen LogP contribution < -0.4 is 10.2 Å². The number of amides is 1. The molecule has 24 heavy (non-hydrogen) atoms. The fourth-order valence-electron chi connectivity index (χ4n) is 3.92. The van der Waals surface area contributed by atoms with E-state index in [9.17, 15) is 4.79 Å². The van der Waals surface area contributed by atoms with Crippen LogP contribution in [-0.4, -0.2) is 49.1 Å². The Balaban J connectivity index is 1.47. The summed E-state index contributed by atoms with van der Waals surface area (Å²) in [6.07, 6.45) is 7.47. The first-order valence-corrected chi connectivity index (χ1v) is 9.58. The van der Waals surface area contributed by atoms with Gasteiger partial charge in [0, 0.05) is 37.9 Å². The number of anilines is 1. The van der Waals surface area contributed by atoms with Gasteiger partial charge < -0.3 is 10.2 Å². The fraction of sp³-hybridized carbons (Fsp3) is 0.650. The van der Waals surface area contributed by atoms with Crippen molar-refractivity contribution in [1.29, 1.82) is 0 Å². The Labute approximate surface area is 146 Å². The number of carbonyl (C=O) groups excluding carboxylic acids is 1. The fourth-order valence-corrected chi connectivity index (χ4v) is 3.92. The Morgan fingerprint density at radius 2 is 1.62 bits per heavy atom. The molecule has 0 spiro atoms. The third kappa shape index (κ3) is 4.50. The van der Waals surface area contributed by atoms with E-state index in [-0.39, 0.29) is 11.9 Å². The highest BCUT2D eigenvalue weighted by Crippen LogP contribution is 2.19. The predicted molar refractivity (Wildman–Crippen MR) is 99.3 cm³/mol. The van der Waals surface area contributed by atoms with Gasteiger partial charge in [-0.1, -0.05) is 43.9 Å². The maximum atomic E-state index is 12.6. The molecule has 132 valence electrons. The van der Waals surface area contributed by atoms with Gasteiger partial charge in [0.25, 0.3) is 0 Å². The summed E-state index contributed by atoms with van der Waals surface area (Å²) in [7, 11) is 0. The summed E-state index contributed by atoms with van der Waals surface area (Å²) in [4.78, 5) is 17.3. The summed E-state index contributed by atoms with van der Waals surface area (Å²) in [5, 5.41) is 3.30. The van der Waals surface area contributed by atoms with Crippen LogP contribution in [0.1, 0.15) is 45.4 Å². The Morgan fingerprint density at radius 3 is 2.25 bits per heavy atom. The number of nitrogens with zero attached hydrogens (tertiary/aromatic N) is 2. The van der Waals surface area contributed by atoms with Gasteiger partial charge in [0.2, 0.25) is 5.91 Å². The Bertz CT molecular complexity index is 503. The van der Waals surface area contributed by atoms with Crippen molar-refractivity contribution in [3.8, 4) is 0 Å². The molecule has 1 aliphatic heterocycles. The highest BCUT2D eigenvalue weighted by Gasteiger charge is 2.27. The molecule has 0 aromatic heterocycles. The van der Waals surface area contributed by atoms with Gasteiger partial charge in [-0.15, -0.1) is 0 Å². The molecular formula is C20H31N3O. The largest absolute Gasteiger partial charge is 0.369 e. The number of para-hydroxylation sites is 1. The third-order valence-electron chi connectivity index (χ3n) is 5.56. The van der Waals surface area contributed by atoms with Crippen molar-refractivity contribution in [2.75, 3.05) is 31.1 Å². The van der Waals surface area contributed by atoms with Crippen molar-refractivity contribution in [3.63, 3.8) is 0 Å². The van der Waals surface area contributed by atoms with E-state index < -0.39 is 0 Å². The Morgan fingerprint density at radius 1 is 1.00 bits per heavy atom. The molecule has 1 atom stereocenters. The minimum atomic E-state index is -0.0221. The normalized spacial score (nSPS) is 22.0. The van der Waals surface area contributed by atoms with Gasteiger partial charge in [-0.3, -0.25) is 9.69 Å². The van der Waals surface area contributed by atoms with Crippen LogP contribution in [0.25, 0.3) is 0 Å². The van der Waals surface area contributed by atoms with Crippen molar-refractivity contribution in [3.05, 3.63) is 30.3 Å². The topological polar surface area (TPSA) is 35.6 Å². The lowest BCUT2D eigenvalue weighted by Gasteiger charge is -2.38. The lowest BCUT2D eigenvalue weighted by molar-refractivity contribution is -0.126. The summed E-state index contributed by atoms with van der Waals surface area (Å²) in [6.45, 7) is 5.95. The highest BCUT2D eigenvalue weighted by molar-refractivity contribution is 5.81. The number of hydrogen-bond donors (Lipinski definition) is 1. The van der Waals surface area contributed by atoms with E-state index in [1.165, 1.54) is 31.4 Å². The third-order valence-corrected chi connectivity index (χ3v) is 5.56. The molecule has 1 N–H and O–H groups in total. The SMILES string of the molecule is CC(C(=O)NC1CCCCCC1)N1CCN(c2ccccc2)CC1. The summed E-state index contributed by atoms with van der Waals surface area (Å²) in [5.74, 6) is 0.218. The highest BCUT2D eigenvalue weighted by atomic mass is 16.2. The lowest BCUT2D eigenvalue weighted by Crippen LogP contribution is -2.55. The second-order valence-corrected chi connectivity index (χ2v) is 7.23.